The predicted octanol–water partition coefficient (Wildman–Crippen LogP) is 5.34. The summed E-state index contributed by atoms with van der Waals surface area (Å²) in [5.74, 6) is 3.82. The average Bonchev–Trinajstić information content (AvgIpc) is 3.33. The molecule has 2 fully saturated rings. The molecule has 5 rings (SSSR count). The molecule has 0 radical (unpaired) electrons. The van der Waals surface area contributed by atoms with Gasteiger partial charge in [-0.2, -0.15) is 11.8 Å². The molecule has 1 N–H and O–H groups in total. The van der Waals surface area contributed by atoms with Crippen molar-refractivity contribution >= 4 is 38.6 Å². The molecule has 1 unspecified atom stereocenters. The van der Waals surface area contributed by atoms with Crippen molar-refractivity contribution in [2.24, 2.45) is 11.8 Å². The van der Waals surface area contributed by atoms with E-state index in [1.165, 1.54) is 65.6 Å². The van der Waals surface area contributed by atoms with Crippen LogP contribution in [0.2, 0.25) is 0 Å². The van der Waals surface area contributed by atoms with Crippen molar-refractivity contribution in [3.63, 3.8) is 0 Å². The van der Waals surface area contributed by atoms with Gasteiger partial charge in [0.2, 0.25) is 0 Å². The highest BCUT2D eigenvalue weighted by molar-refractivity contribution is 9.10. The van der Waals surface area contributed by atoms with Gasteiger partial charge < -0.3 is 4.98 Å². The summed E-state index contributed by atoms with van der Waals surface area (Å²) in [6.07, 6.45) is 7.78. The van der Waals surface area contributed by atoms with Gasteiger partial charge in [-0.15, -0.1) is 0 Å². The Hall–Kier alpha value is -0.450. The quantitative estimate of drug-likeness (QED) is 0.721. The van der Waals surface area contributed by atoms with Crippen LogP contribution in [-0.2, 0) is 6.42 Å². The number of aromatic amines is 1. The molecule has 3 aliphatic rings. The largest absolute Gasteiger partial charge is 0.358 e. The monoisotopic (exact) mass is 418 g/mol. The zero-order valence-corrected chi connectivity index (χ0v) is 17.5. The van der Waals surface area contributed by atoms with Crippen molar-refractivity contribution in [2.45, 2.75) is 44.6 Å². The Bertz CT molecular complexity index is 810. The maximum absolute atomic E-state index is 3.77. The van der Waals surface area contributed by atoms with Crippen LogP contribution >= 0.6 is 27.7 Å². The maximum Gasteiger partial charge on any atom is 0.0473 e. The number of likely N-dealkylation sites (tertiary alicyclic amines) is 1. The van der Waals surface area contributed by atoms with Crippen LogP contribution in [0.4, 0.5) is 0 Å². The van der Waals surface area contributed by atoms with Crippen molar-refractivity contribution in [1.82, 2.24) is 9.88 Å². The molecule has 0 bridgehead atoms. The van der Waals surface area contributed by atoms with Crippen LogP contribution < -0.4 is 0 Å². The van der Waals surface area contributed by atoms with Gasteiger partial charge in [0.1, 0.15) is 0 Å². The first-order valence-electron chi connectivity index (χ1n) is 9.67. The van der Waals surface area contributed by atoms with Crippen LogP contribution in [0.15, 0.2) is 16.6 Å². The van der Waals surface area contributed by atoms with Gasteiger partial charge in [0.25, 0.3) is 0 Å². The van der Waals surface area contributed by atoms with E-state index >= 15 is 0 Å². The van der Waals surface area contributed by atoms with E-state index in [1.54, 1.807) is 11.1 Å². The second-order valence-corrected chi connectivity index (χ2v) is 10.3. The number of fused-ring (bicyclic) bond motifs is 2. The van der Waals surface area contributed by atoms with Crippen LogP contribution in [0.5, 0.6) is 0 Å². The lowest BCUT2D eigenvalue weighted by Crippen LogP contribution is -2.51. The Balaban J connectivity index is 1.59. The topological polar surface area (TPSA) is 19.0 Å². The molecule has 3 atom stereocenters. The van der Waals surface area contributed by atoms with Gasteiger partial charge in [0, 0.05) is 46.1 Å². The Labute approximate surface area is 163 Å². The molecule has 2 aromatic rings. The fourth-order valence-corrected chi connectivity index (χ4v) is 6.59. The van der Waals surface area contributed by atoms with Gasteiger partial charge >= 0.3 is 0 Å². The third-order valence-corrected chi connectivity index (χ3v) is 7.89. The molecule has 1 saturated carbocycles. The summed E-state index contributed by atoms with van der Waals surface area (Å²) in [5.41, 5.74) is 5.90. The third kappa shape index (κ3) is 2.89. The number of thioether (sulfide) groups is 1. The maximum atomic E-state index is 3.77. The van der Waals surface area contributed by atoms with Gasteiger partial charge in [0.15, 0.2) is 0 Å². The minimum atomic E-state index is 0.701. The number of piperidine rings is 1. The molecule has 25 heavy (non-hydrogen) atoms. The number of halogens is 1. The summed E-state index contributed by atoms with van der Waals surface area (Å²) in [4.78, 5) is 6.54. The van der Waals surface area contributed by atoms with Gasteiger partial charge in [0.05, 0.1) is 0 Å². The summed E-state index contributed by atoms with van der Waals surface area (Å²) >= 11 is 5.80. The summed E-state index contributed by atoms with van der Waals surface area (Å²) in [7, 11) is 0. The zero-order chi connectivity index (χ0) is 17.1. The first kappa shape index (κ1) is 16.7. The van der Waals surface area contributed by atoms with Crippen LogP contribution in [-0.4, -0.2) is 41.0 Å². The number of nitrogens with zero attached hydrogens (tertiary/aromatic N) is 1. The average molecular weight is 419 g/mol. The van der Waals surface area contributed by atoms with Gasteiger partial charge in [-0.25, -0.2) is 0 Å². The van der Waals surface area contributed by atoms with E-state index in [9.17, 15) is 0 Å². The smallest absolute Gasteiger partial charge is 0.0473 e. The molecule has 0 amide bonds. The Kier molecular flexibility index (Phi) is 4.22. The number of hydrogen-bond acceptors (Lipinski definition) is 2. The van der Waals surface area contributed by atoms with E-state index in [0.29, 0.717) is 12.0 Å². The molecule has 1 saturated heterocycles. The van der Waals surface area contributed by atoms with Gasteiger partial charge in [-0.3, -0.25) is 4.90 Å². The Morgan fingerprint density at radius 3 is 2.88 bits per heavy atom. The van der Waals surface area contributed by atoms with Crippen LogP contribution in [0.25, 0.3) is 10.9 Å². The molecule has 4 heteroatoms. The molecule has 1 aliphatic heterocycles. The lowest BCUT2D eigenvalue weighted by Gasteiger charge is -2.47. The van der Waals surface area contributed by atoms with E-state index in [4.69, 9.17) is 0 Å². The zero-order valence-electron chi connectivity index (χ0n) is 15.1. The molecule has 2 heterocycles. The van der Waals surface area contributed by atoms with Crippen LogP contribution in [0.3, 0.4) is 0 Å². The standard InChI is InChI=1S/C21H27BrN2S/c1-12-16-8-20-17(18-6-15(22)7-19(23-12)21(16)18)5-14(11-25-2)10-24(20)9-13-3-4-13/h6-7,13-14,17,20,23H,3-5,8-11H2,1-2H3/t14-,17?,20-/m1/s1. The molecule has 2 nitrogen and oxygen atoms in total. The summed E-state index contributed by atoms with van der Waals surface area (Å²) in [5, 5.41) is 1.54. The number of rotatable bonds is 4. The lowest BCUT2D eigenvalue weighted by molar-refractivity contribution is 0.0876. The predicted molar refractivity (Wildman–Crippen MR) is 112 cm³/mol. The van der Waals surface area contributed by atoms with Crippen molar-refractivity contribution in [2.75, 3.05) is 25.1 Å². The first-order valence-corrected chi connectivity index (χ1v) is 11.9. The molecule has 0 spiro atoms. The van der Waals surface area contributed by atoms with E-state index in [-0.39, 0.29) is 0 Å². The molecule has 2 aliphatic carbocycles. The summed E-state index contributed by atoms with van der Waals surface area (Å²) in [6.45, 7) is 4.91. The van der Waals surface area contributed by atoms with Gasteiger partial charge in [-0.05, 0) is 79.7 Å². The highest BCUT2D eigenvalue weighted by Gasteiger charge is 2.42. The number of nitrogens with one attached hydrogen (secondary N) is 1. The second-order valence-electron chi connectivity index (χ2n) is 8.48. The van der Waals surface area contributed by atoms with E-state index < -0.39 is 0 Å². The Morgan fingerprint density at radius 2 is 2.12 bits per heavy atom. The fourth-order valence-electron chi connectivity index (χ4n) is 5.40. The number of H-pyrrole nitrogens is 1. The first-order chi connectivity index (χ1) is 12.1. The lowest BCUT2D eigenvalue weighted by atomic mass is 9.72. The fraction of sp³-hybridized carbons (Fsp3) is 0.619. The normalized spacial score (nSPS) is 29.2. The number of benzene rings is 1. The SMILES string of the molecule is CSC[C@@H]1CC2c3cc(Br)cc4[nH]c(C)c(c34)C[C@H]2N(CC2CC2)C1. The molecular formula is C21H27BrN2S. The highest BCUT2D eigenvalue weighted by Crippen LogP contribution is 2.48. The number of aromatic nitrogens is 1. The molecule has 1 aromatic carbocycles. The van der Waals surface area contributed by atoms with Crippen molar-refractivity contribution in [1.29, 1.82) is 0 Å². The number of hydrogen-bond donors (Lipinski definition) is 1. The Morgan fingerprint density at radius 1 is 1.28 bits per heavy atom. The van der Waals surface area contributed by atoms with Crippen LogP contribution in [0, 0.1) is 18.8 Å². The van der Waals surface area contributed by atoms with E-state index in [2.05, 4.69) is 51.1 Å². The van der Waals surface area contributed by atoms with E-state index in [0.717, 1.165) is 11.8 Å². The minimum absolute atomic E-state index is 0.701. The van der Waals surface area contributed by atoms with Crippen LogP contribution in [0.1, 0.15) is 42.0 Å². The van der Waals surface area contributed by atoms with Crippen molar-refractivity contribution in [3.8, 4) is 0 Å². The number of aryl methyl sites for hydroxylation is 1. The van der Waals surface area contributed by atoms with Crippen molar-refractivity contribution < 1.29 is 0 Å². The summed E-state index contributed by atoms with van der Waals surface area (Å²) in [6, 6.07) is 5.39. The van der Waals surface area contributed by atoms with Crippen molar-refractivity contribution in [3.05, 3.63) is 33.4 Å². The van der Waals surface area contributed by atoms with Gasteiger partial charge in [-0.1, -0.05) is 15.9 Å². The molecule has 1 aromatic heterocycles. The summed E-state index contributed by atoms with van der Waals surface area (Å²) < 4.78 is 1.23. The minimum Gasteiger partial charge on any atom is -0.358 e. The third-order valence-electron chi connectivity index (χ3n) is 6.63. The highest BCUT2D eigenvalue weighted by atomic mass is 79.9. The van der Waals surface area contributed by atoms with E-state index in [1.807, 2.05) is 11.8 Å². The molecule has 134 valence electrons. The molecular weight excluding hydrogens is 392 g/mol. The second kappa shape index (κ2) is 6.31.